The molecule has 4 aromatic rings. The highest BCUT2D eigenvalue weighted by Gasteiger charge is 2.47. The highest BCUT2D eigenvalue weighted by atomic mass is 16.6. The van der Waals surface area contributed by atoms with Gasteiger partial charge < -0.3 is 23.0 Å². The van der Waals surface area contributed by atoms with Crippen LogP contribution in [0.5, 0.6) is 11.5 Å². The van der Waals surface area contributed by atoms with Gasteiger partial charge in [-0.15, -0.1) is 0 Å². The standard InChI is InChI=1S/C24H20O8/c1-11(25)28-14-5-6-15-18(9-14)30-22-16-7-13(8-20-24(3,4)32-20)17(29-12(2)26)10-19(16)31-23(27)21(15)22/h5-7,9-10,20H,8H2,1-4H3. The van der Waals surface area contributed by atoms with Crippen LogP contribution in [0, 0.1) is 0 Å². The molecule has 1 atom stereocenters. The Kier molecular flexibility index (Phi) is 4.39. The molecule has 0 spiro atoms. The first-order valence-corrected chi connectivity index (χ1v) is 10.1. The second kappa shape index (κ2) is 6.93. The largest absolute Gasteiger partial charge is 0.455 e. The number of esters is 2. The summed E-state index contributed by atoms with van der Waals surface area (Å²) in [5.74, 6) is -0.319. The third kappa shape index (κ3) is 3.42. The molecule has 1 unspecified atom stereocenters. The molecule has 2 aromatic heterocycles. The predicted molar refractivity (Wildman–Crippen MR) is 115 cm³/mol. The summed E-state index contributed by atoms with van der Waals surface area (Å²) in [5.41, 5.74) is 0.860. The number of epoxide rings is 1. The SMILES string of the molecule is CC(=O)Oc1ccc2c(c1)oc1c3cc(CC4OC4(C)C)c(OC(C)=O)cc3oc(=O)c21. The van der Waals surface area contributed by atoms with Crippen molar-refractivity contribution >= 4 is 44.8 Å². The van der Waals surface area contributed by atoms with Crippen LogP contribution in [0.3, 0.4) is 0 Å². The molecule has 8 nitrogen and oxygen atoms in total. The van der Waals surface area contributed by atoms with Crippen molar-refractivity contribution in [1.82, 2.24) is 0 Å². The average Bonchev–Trinajstić information content (AvgIpc) is 3.11. The third-order valence-corrected chi connectivity index (χ3v) is 5.56. The summed E-state index contributed by atoms with van der Waals surface area (Å²) in [5, 5.41) is 1.40. The van der Waals surface area contributed by atoms with Gasteiger partial charge in [0.15, 0.2) is 5.58 Å². The first kappa shape index (κ1) is 20.3. The van der Waals surface area contributed by atoms with Gasteiger partial charge in [0.25, 0.3) is 0 Å². The molecule has 5 rings (SSSR count). The van der Waals surface area contributed by atoms with Crippen molar-refractivity contribution in [1.29, 1.82) is 0 Å². The zero-order chi connectivity index (χ0) is 22.8. The lowest BCUT2D eigenvalue weighted by Gasteiger charge is -2.10. The molecule has 1 aliphatic rings. The summed E-state index contributed by atoms with van der Waals surface area (Å²) in [6.45, 7) is 6.59. The normalized spacial score (nSPS) is 17.1. The van der Waals surface area contributed by atoms with Gasteiger partial charge in [-0.25, -0.2) is 4.79 Å². The minimum atomic E-state index is -0.584. The van der Waals surface area contributed by atoms with Crippen LogP contribution in [0.25, 0.3) is 32.9 Å². The van der Waals surface area contributed by atoms with E-state index in [0.29, 0.717) is 39.9 Å². The van der Waals surface area contributed by atoms with E-state index in [-0.39, 0.29) is 22.7 Å². The molecule has 0 amide bonds. The molecule has 0 aliphatic carbocycles. The molecule has 2 aromatic carbocycles. The Morgan fingerprint density at radius 1 is 0.969 bits per heavy atom. The van der Waals surface area contributed by atoms with Crippen molar-refractivity contribution in [3.63, 3.8) is 0 Å². The van der Waals surface area contributed by atoms with E-state index in [9.17, 15) is 14.4 Å². The number of furan rings is 1. The Morgan fingerprint density at radius 3 is 2.31 bits per heavy atom. The fourth-order valence-electron chi connectivity index (χ4n) is 3.95. The van der Waals surface area contributed by atoms with E-state index < -0.39 is 17.6 Å². The maximum absolute atomic E-state index is 12.8. The number of fused-ring (bicyclic) bond motifs is 5. The Morgan fingerprint density at radius 2 is 1.66 bits per heavy atom. The number of benzene rings is 2. The summed E-state index contributed by atoms with van der Waals surface area (Å²) in [6, 6.07) is 8.11. The van der Waals surface area contributed by atoms with Crippen LogP contribution in [0.15, 0.2) is 44.0 Å². The predicted octanol–water partition coefficient (Wildman–Crippen LogP) is 4.26. The topological polar surface area (TPSA) is 108 Å². The van der Waals surface area contributed by atoms with Gasteiger partial charge in [-0.1, -0.05) is 0 Å². The summed E-state index contributed by atoms with van der Waals surface area (Å²) in [6.07, 6.45) is 0.491. The van der Waals surface area contributed by atoms with Crippen LogP contribution >= 0.6 is 0 Å². The van der Waals surface area contributed by atoms with E-state index in [1.165, 1.54) is 19.9 Å². The van der Waals surface area contributed by atoms with E-state index in [1.807, 2.05) is 13.8 Å². The number of carbonyl (C=O) groups excluding carboxylic acids is 2. The lowest BCUT2D eigenvalue weighted by Crippen LogP contribution is -2.09. The Bertz CT molecular complexity index is 1490. The van der Waals surface area contributed by atoms with Crippen molar-refractivity contribution < 1.29 is 32.6 Å². The van der Waals surface area contributed by atoms with Crippen molar-refractivity contribution in [2.24, 2.45) is 0 Å². The number of carbonyl (C=O) groups is 2. The van der Waals surface area contributed by atoms with Gasteiger partial charge in [0.2, 0.25) is 0 Å². The first-order chi connectivity index (χ1) is 15.1. The smallest absolute Gasteiger partial charge is 0.348 e. The van der Waals surface area contributed by atoms with Crippen molar-refractivity contribution in [2.75, 3.05) is 0 Å². The van der Waals surface area contributed by atoms with Gasteiger partial charge in [0, 0.05) is 37.8 Å². The first-order valence-electron chi connectivity index (χ1n) is 10.1. The van der Waals surface area contributed by atoms with Crippen LogP contribution in [0.4, 0.5) is 0 Å². The van der Waals surface area contributed by atoms with E-state index in [0.717, 1.165) is 5.56 Å². The molecule has 0 N–H and O–H groups in total. The van der Waals surface area contributed by atoms with Gasteiger partial charge in [-0.2, -0.15) is 0 Å². The van der Waals surface area contributed by atoms with Crippen molar-refractivity contribution in [3.8, 4) is 11.5 Å². The third-order valence-electron chi connectivity index (χ3n) is 5.56. The highest BCUT2D eigenvalue weighted by molar-refractivity contribution is 6.13. The maximum Gasteiger partial charge on any atom is 0.348 e. The van der Waals surface area contributed by atoms with Crippen LogP contribution in [0.1, 0.15) is 33.3 Å². The average molecular weight is 436 g/mol. The molecule has 0 bridgehead atoms. The number of rotatable bonds is 4. The fraction of sp³-hybridized carbons (Fsp3) is 0.292. The molecule has 0 radical (unpaired) electrons. The van der Waals surface area contributed by atoms with Crippen LogP contribution in [-0.4, -0.2) is 23.6 Å². The molecule has 0 saturated carbocycles. The number of hydrogen-bond donors (Lipinski definition) is 0. The van der Waals surface area contributed by atoms with Crippen LogP contribution < -0.4 is 15.1 Å². The zero-order valence-electron chi connectivity index (χ0n) is 17.9. The molecule has 8 heteroatoms. The fourth-order valence-corrected chi connectivity index (χ4v) is 3.95. The summed E-state index contributed by atoms with van der Waals surface area (Å²) < 4.78 is 27.8. The van der Waals surface area contributed by atoms with E-state index in [1.54, 1.807) is 24.3 Å². The molecular weight excluding hydrogens is 416 g/mol. The lowest BCUT2D eigenvalue weighted by atomic mass is 10.00. The zero-order valence-corrected chi connectivity index (χ0v) is 17.9. The molecule has 32 heavy (non-hydrogen) atoms. The van der Waals surface area contributed by atoms with Gasteiger partial charge in [-0.3, -0.25) is 9.59 Å². The minimum absolute atomic E-state index is 0.0255. The molecule has 1 saturated heterocycles. The maximum atomic E-state index is 12.8. The van der Waals surface area contributed by atoms with Crippen molar-refractivity contribution in [3.05, 3.63) is 46.3 Å². The lowest BCUT2D eigenvalue weighted by molar-refractivity contribution is -0.132. The molecular formula is C24H20O8. The number of ether oxygens (including phenoxy) is 3. The molecule has 164 valence electrons. The Labute approximate surface area is 181 Å². The van der Waals surface area contributed by atoms with Crippen LogP contribution in [0.2, 0.25) is 0 Å². The second-order valence-corrected chi connectivity index (χ2v) is 8.41. The van der Waals surface area contributed by atoms with Gasteiger partial charge >= 0.3 is 17.6 Å². The number of hydrogen-bond acceptors (Lipinski definition) is 8. The van der Waals surface area contributed by atoms with Crippen LogP contribution in [-0.2, 0) is 20.7 Å². The molecule has 3 heterocycles. The van der Waals surface area contributed by atoms with Gasteiger partial charge in [0.05, 0.1) is 17.1 Å². The van der Waals surface area contributed by atoms with E-state index in [2.05, 4.69) is 0 Å². The second-order valence-electron chi connectivity index (χ2n) is 8.41. The minimum Gasteiger partial charge on any atom is -0.455 e. The quantitative estimate of drug-likeness (QED) is 0.202. The Balaban J connectivity index is 1.74. The molecule has 1 fully saturated rings. The summed E-state index contributed by atoms with van der Waals surface area (Å²) >= 11 is 0. The summed E-state index contributed by atoms with van der Waals surface area (Å²) in [4.78, 5) is 35.7. The van der Waals surface area contributed by atoms with E-state index >= 15 is 0 Å². The van der Waals surface area contributed by atoms with E-state index in [4.69, 9.17) is 23.0 Å². The monoisotopic (exact) mass is 436 g/mol. The van der Waals surface area contributed by atoms with Crippen molar-refractivity contribution in [2.45, 2.75) is 45.8 Å². The summed E-state index contributed by atoms with van der Waals surface area (Å²) in [7, 11) is 0. The Hall–Kier alpha value is -3.65. The molecule has 1 aliphatic heterocycles. The highest BCUT2D eigenvalue weighted by Crippen LogP contribution is 2.41. The van der Waals surface area contributed by atoms with Gasteiger partial charge in [0.1, 0.15) is 28.1 Å². The van der Waals surface area contributed by atoms with Gasteiger partial charge in [-0.05, 0) is 37.6 Å².